The Morgan fingerprint density at radius 3 is 3.00 bits per heavy atom. The molecule has 7 heteroatoms. The molecule has 3 aliphatic rings. The molecule has 2 aromatic heterocycles. The van der Waals surface area contributed by atoms with Crippen LogP contribution in [0.5, 0.6) is 0 Å². The lowest BCUT2D eigenvalue weighted by atomic mass is 10.0. The number of nitrogens with zero attached hydrogens (tertiary/aromatic N) is 6. The maximum atomic E-state index is 5.92. The van der Waals surface area contributed by atoms with Gasteiger partial charge in [0.15, 0.2) is 0 Å². The Morgan fingerprint density at radius 2 is 2.16 bits per heavy atom. The van der Waals surface area contributed by atoms with Crippen molar-refractivity contribution in [2.75, 3.05) is 37.7 Å². The summed E-state index contributed by atoms with van der Waals surface area (Å²) >= 11 is 0. The summed E-state index contributed by atoms with van der Waals surface area (Å²) in [6, 6.07) is 3.31. The number of hydrogen-bond acceptors (Lipinski definition) is 6. The van der Waals surface area contributed by atoms with Crippen molar-refractivity contribution in [2.45, 2.75) is 50.6 Å². The fourth-order valence-corrected chi connectivity index (χ4v) is 4.38. The van der Waals surface area contributed by atoms with Crippen molar-refractivity contribution in [3.05, 3.63) is 18.1 Å². The van der Waals surface area contributed by atoms with Crippen LogP contribution >= 0.6 is 0 Å². The Labute approximate surface area is 148 Å². The molecule has 25 heavy (non-hydrogen) atoms. The predicted octanol–water partition coefficient (Wildman–Crippen LogP) is 1.69. The van der Waals surface area contributed by atoms with Crippen molar-refractivity contribution in [3.8, 4) is 0 Å². The van der Waals surface area contributed by atoms with E-state index in [1.54, 1.807) is 6.33 Å². The third-order valence-corrected chi connectivity index (χ3v) is 5.84. The molecule has 1 aliphatic carbocycles. The summed E-state index contributed by atoms with van der Waals surface area (Å²) < 4.78 is 7.77. The van der Waals surface area contributed by atoms with Crippen LogP contribution in [0.4, 0.5) is 5.69 Å². The smallest absolute Gasteiger partial charge is 0.200 e. The minimum Gasteiger partial charge on any atom is -0.378 e. The normalized spacial score (nSPS) is 27.6. The maximum absolute atomic E-state index is 5.92. The van der Waals surface area contributed by atoms with E-state index in [0.29, 0.717) is 18.0 Å². The van der Waals surface area contributed by atoms with Crippen LogP contribution in [0.25, 0.3) is 5.65 Å². The molecule has 2 aromatic rings. The van der Waals surface area contributed by atoms with Crippen molar-refractivity contribution < 1.29 is 4.74 Å². The van der Waals surface area contributed by atoms with Crippen LogP contribution in [-0.2, 0) is 4.74 Å². The molecule has 0 aromatic carbocycles. The van der Waals surface area contributed by atoms with Crippen LogP contribution in [0, 0.1) is 0 Å². The van der Waals surface area contributed by atoms with E-state index < -0.39 is 0 Å². The first-order chi connectivity index (χ1) is 12.3. The molecular formula is C18H26N6O. The molecule has 3 fully saturated rings. The van der Waals surface area contributed by atoms with E-state index in [-0.39, 0.29) is 0 Å². The average Bonchev–Trinajstić information content (AvgIpc) is 3.38. The molecule has 0 N–H and O–H groups in total. The lowest BCUT2D eigenvalue weighted by molar-refractivity contribution is -0.0557. The van der Waals surface area contributed by atoms with Gasteiger partial charge in [-0.3, -0.25) is 4.90 Å². The molecule has 5 rings (SSSR count). The van der Waals surface area contributed by atoms with Crippen LogP contribution < -0.4 is 4.90 Å². The van der Waals surface area contributed by atoms with Gasteiger partial charge in [-0.15, -0.1) is 10.2 Å². The Bertz CT molecular complexity index is 755. The van der Waals surface area contributed by atoms with Gasteiger partial charge in [0.2, 0.25) is 5.65 Å². The van der Waals surface area contributed by atoms with Gasteiger partial charge in [-0.1, -0.05) is 13.3 Å². The fourth-order valence-electron chi connectivity index (χ4n) is 4.38. The van der Waals surface area contributed by atoms with Crippen LogP contribution in [0.15, 0.2) is 12.4 Å². The van der Waals surface area contributed by atoms with E-state index in [4.69, 9.17) is 9.84 Å². The van der Waals surface area contributed by atoms with Gasteiger partial charge < -0.3 is 9.64 Å². The van der Waals surface area contributed by atoms with Gasteiger partial charge in [0.25, 0.3) is 0 Å². The van der Waals surface area contributed by atoms with Crippen molar-refractivity contribution in [1.29, 1.82) is 0 Å². The molecule has 0 radical (unpaired) electrons. The molecule has 7 nitrogen and oxygen atoms in total. The standard InChI is InChI=1S/C18H26N6O/c1-2-3-14-10-25-11-15-9-22(6-7-23(14)15)17-8-16(13-4-5-13)21-24-12-19-20-18(17)24/h8,12-15H,2-7,9-11H2,1H3/t14-,15+/m0/s1. The SMILES string of the molecule is CCC[C@H]1COC[C@H]2CN(c3cc(C4CC4)nn4cnnc34)CCN12. The van der Waals surface area contributed by atoms with Crippen molar-refractivity contribution >= 4 is 11.3 Å². The summed E-state index contributed by atoms with van der Waals surface area (Å²) in [4.78, 5) is 5.14. The van der Waals surface area contributed by atoms with E-state index in [9.17, 15) is 0 Å². The van der Waals surface area contributed by atoms with Crippen LogP contribution in [-0.4, -0.2) is 69.6 Å². The fraction of sp³-hybridized carbons (Fsp3) is 0.722. The molecule has 0 amide bonds. The van der Waals surface area contributed by atoms with Crippen LogP contribution in [0.1, 0.15) is 44.2 Å². The summed E-state index contributed by atoms with van der Waals surface area (Å²) in [6.07, 6.45) is 6.68. The van der Waals surface area contributed by atoms with E-state index in [1.807, 2.05) is 4.52 Å². The van der Waals surface area contributed by atoms with Crippen LogP contribution in [0.2, 0.25) is 0 Å². The summed E-state index contributed by atoms with van der Waals surface area (Å²) in [7, 11) is 0. The Balaban J connectivity index is 1.43. The number of ether oxygens (including phenoxy) is 1. The van der Waals surface area contributed by atoms with Gasteiger partial charge in [0.1, 0.15) is 6.33 Å². The lowest BCUT2D eigenvalue weighted by Crippen LogP contribution is -2.62. The minimum atomic E-state index is 0.472. The molecule has 0 unspecified atom stereocenters. The molecule has 4 heterocycles. The first-order valence-electron chi connectivity index (χ1n) is 9.63. The highest BCUT2D eigenvalue weighted by Crippen LogP contribution is 2.40. The zero-order valence-corrected chi connectivity index (χ0v) is 14.8. The lowest BCUT2D eigenvalue weighted by Gasteiger charge is -2.48. The van der Waals surface area contributed by atoms with E-state index in [2.05, 4.69) is 33.0 Å². The van der Waals surface area contributed by atoms with Crippen LogP contribution in [0.3, 0.4) is 0 Å². The minimum absolute atomic E-state index is 0.472. The highest BCUT2D eigenvalue weighted by atomic mass is 16.5. The zero-order valence-electron chi connectivity index (χ0n) is 14.8. The Hall–Kier alpha value is -1.73. The highest BCUT2D eigenvalue weighted by Gasteiger charge is 2.36. The van der Waals surface area contributed by atoms with Crippen molar-refractivity contribution in [2.24, 2.45) is 0 Å². The summed E-state index contributed by atoms with van der Waals surface area (Å²) in [6.45, 7) is 7.11. The Kier molecular flexibility index (Phi) is 3.86. The Morgan fingerprint density at radius 1 is 1.24 bits per heavy atom. The molecule has 2 saturated heterocycles. The molecule has 0 spiro atoms. The quantitative estimate of drug-likeness (QED) is 0.843. The number of aromatic nitrogens is 4. The maximum Gasteiger partial charge on any atom is 0.200 e. The van der Waals surface area contributed by atoms with Crippen molar-refractivity contribution in [1.82, 2.24) is 24.7 Å². The first kappa shape index (κ1) is 15.5. The van der Waals surface area contributed by atoms with Gasteiger partial charge in [-0.2, -0.15) is 9.61 Å². The van der Waals surface area contributed by atoms with Crippen molar-refractivity contribution in [3.63, 3.8) is 0 Å². The summed E-state index contributed by atoms with van der Waals surface area (Å²) in [5.41, 5.74) is 3.25. The largest absolute Gasteiger partial charge is 0.378 e. The molecule has 134 valence electrons. The van der Waals surface area contributed by atoms with Gasteiger partial charge in [-0.05, 0) is 25.3 Å². The van der Waals surface area contributed by atoms with Gasteiger partial charge in [0, 0.05) is 31.6 Å². The molecule has 2 atom stereocenters. The molecular weight excluding hydrogens is 316 g/mol. The molecule has 1 saturated carbocycles. The monoisotopic (exact) mass is 342 g/mol. The third-order valence-electron chi connectivity index (χ3n) is 5.84. The zero-order chi connectivity index (χ0) is 16.8. The third kappa shape index (κ3) is 2.79. The number of hydrogen-bond donors (Lipinski definition) is 0. The van der Waals surface area contributed by atoms with Gasteiger partial charge in [-0.25, -0.2) is 0 Å². The number of piperazine rings is 1. The highest BCUT2D eigenvalue weighted by molar-refractivity contribution is 5.69. The topological polar surface area (TPSA) is 58.8 Å². The van der Waals surface area contributed by atoms with E-state index >= 15 is 0 Å². The molecule has 2 aliphatic heterocycles. The van der Waals surface area contributed by atoms with E-state index in [1.165, 1.54) is 37.1 Å². The molecule has 0 bridgehead atoms. The second kappa shape index (κ2) is 6.21. The average molecular weight is 342 g/mol. The summed E-state index contributed by atoms with van der Waals surface area (Å²) in [5.74, 6) is 0.624. The number of morpholine rings is 1. The van der Waals surface area contributed by atoms with Gasteiger partial charge >= 0.3 is 0 Å². The second-order valence-electron chi connectivity index (χ2n) is 7.65. The first-order valence-corrected chi connectivity index (χ1v) is 9.63. The predicted molar refractivity (Wildman–Crippen MR) is 95.0 cm³/mol. The van der Waals surface area contributed by atoms with E-state index in [0.717, 1.165) is 38.5 Å². The van der Waals surface area contributed by atoms with Gasteiger partial charge in [0.05, 0.1) is 30.6 Å². The second-order valence-corrected chi connectivity index (χ2v) is 7.65. The summed E-state index contributed by atoms with van der Waals surface area (Å²) in [5, 5.41) is 13.1. The number of rotatable bonds is 4. The number of anilines is 1. The number of fused-ring (bicyclic) bond motifs is 2.